The third kappa shape index (κ3) is 3.49. The highest BCUT2D eigenvalue weighted by molar-refractivity contribution is 7.90. The van der Waals surface area contributed by atoms with E-state index in [1.165, 1.54) is 13.2 Å². The lowest BCUT2D eigenvalue weighted by molar-refractivity contribution is 0.356. The van der Waals surface area contributed by atoms with Crippen molar-refractivity contribution in [2.45, 2.75) is 24.2 Å². The van der Waals surface area contributed by atoms with Gasteiger partial charge in [-0.1, -0.05) is 0 Å². The molecule has 0 aliphatic carbocycles. The van der Waals surface area contributed by atoms with Crippen molar-refractivity contribution in [1.82, 2.24) is 5.32 Å². The quantitative estimate of drug-likeness (QED) is 0.921. The van der Waals surface area contributed by atoms with E-state index < -0.39 is 15.7 Å². The van der Waals surface area contributed by atoms with Crippen LogP contribution in [0.1, 0.15) is 18.4 Å². The zero-order valence-electron chi connectivity index (χ0n) is 11.8. The fraction of sp³-hybridized carbons (Fsp3) is 0.571. The van der Waals surface area contributed by atoms with Crippen LogP contribution in [-0.4, -0.2) is 34.9 Å². The molecule has 0 spiro atoms. The first-order chi connectivity index (χ1) is 9.41. The van der Waals surface area contributed by atoms with Crippen LogP contribution in [0.15, 0.2) is 17.0 Å². The number of halogens is 1. The molecule has 112 valence electrons. The molecule has 0 amide bonds. The Labute approximate surface area is 119 Å². The summed E-state index contributed by atoms with van der Waals surface area (Å²) >= 11 is 0. The smallest absolute Gasteiger partial charge is 0.179 e. The van der Waals surface area contributed by atoms with Crippen LogP contribution < -0.4 is 10.1 Å². The monoisotopic (exact) mass is 301 g/mol. The Morgan fingerprint density at radius 3 is 2.55 bits per heavy atom. The third-order valence-electron chi connectivity index (χ3n) is 3.67. The molecule has 0 radical (unpaired) electrons. The highest BCUT2D eigenvalue weighted by Gasteiger charge is 2.22. The van der Waals surface area contributed by atoms with Gasteiger partial charge in [0, 0.05) is 6.26 Å². The van der Waals surface area contributed by atoms with Crippen molar-refractivity contribution in [3.05, 3.63) is 23.5 Å². The summed E-state index contributed by atoms with van der Waals surface area (Å²) in [5.41, 5.74) is 0.639. The predicted molar refractivity (Wildman–Crippen MR) is 75.4 cm³/mol. The molecule has 0 atom stereocenters. The van der Waals surface area contributed by atoms with E-state index in [4.69, 9.17) is 4.74 Å². The van der Waals surface area contributed by atoms with Crippen molar-refractivity contribution < 1.29 is 17.5 Å². The summed E-state index contributed by atoms with van der Waals surface area (Å²) in [4.78, 5) is -0.0658. The van der Waals surface area contributed by atoms with Gasteiger partial charge in [-0.25, -0.2) is 12.8 Å². The van der Waals surface area contributed by atoms with Gasteiger partial charge < -0.3 is 10.1 Å². The normalized spacial score (nSPS) is 17.1. The molecule has 1 heterocycles. The molecule has 0 bridgehead atoms. The fourth-order valence-electron chi connectivity index (χ4n) is 2.68. The maximum absolute atomic E-state index is 13.7. The van der Waals surface area contributed by atoms with Crippen molar-refractivity contribution in [2.75, 3.05) is 26.5 Å². The van der Waals surface area contributed by atoms with Gasteiger partial charge in [0.1, 0.15) is 16.5 Å². The van der Waals surface area contributed by atoms with Gasteiger partial charge in [-0.2, -0.15) is 0 Å². The Morgan fingerprint density at radius 2 is 2.00 bits per heavy atom. The second-order valence-electron chi connectivity index (χ2n) is 5.27. The van der Waals surface area contributed by atoms with Crippen LogP contribution in [0.25, 0.3) is 0 Å². The van der Waals surface area contributed by atoms with Gasteiger partial charge in [0.25, 0.3) is 0 Å². The maximum atomic E-state index is 13.7. The highest BCUT2D eigenvalue weighted by Crippen LogP contribution is 2.32. The van der Waals surface area contributed by atoms with Crippen LogP contribution in [-0.2, 0) is 16.3 Å². The van der Waals surface area contributed by atoms with Crippen molar-refractivity contribution in [3.63, 3.8) is 0 Å². The second-order valence-corrected chi connectivity index (χ2v) is 7.25. The molecule has 1 aliphatic rings. The average Bonchev–Trinajstić information content (AvgIpc) is 2.38. The molecule has 0 saturated carbocycles. The average molecular weight is 301 g/mol. The zero-order valence-corrected chi connectivity index (χ0v) is 12.6. The predicted octanol–water partition coefficient (Wildman–Crippen LogP) is 1.78. The third-order valence-corrected chi connectivity index (χ3v) is 4.77. The Kier molecular flexibility index (Phi) is 4.65. The van der Waals surface area contributed by atoms with Gasteiger partial charge in [-0.05, 0) is 56.0 Å². The van der Waals surface area contributed by atoms with E-state index in [0.29, 0.717) is 17.9 Å². The SMILES string of the molecule is COc1c(CC2CCNCC2)cc(F)cc1S(C)(=O)=O. The van der Waals surface area contributed by atoms with E-state index in [0.717, 1.165) is 38.3 Å². The Morgan fingerprint density at radius 1 is 1.35 bits per heavy atom. The summed E-state index contributed by atoms with van der Waals surface area (Å²) in [5.74, 6) is 0.182. The molecule has 1 aliphatic heterocycles. The molecule has 0 unspecified atom stereocenters. The van der Waals surface area contributed by atoms with E-state index in [1.54, 1.807) is 0 Å². The molecular formula is C14H20FNO3S. The number of rotatable bonds is 4. The largest absolute Gasteiger partial charge is 0.495 e. The van der Waals surface area contributed by atoms with Gasteiger partial charge in [-0.3, -0.25) is 0 Å². The van der Waals surface area contributed by atoms with E-state index >= 15 is 0 Å². The number of piperidine rings is 1. The molecular weight excluding hydrogens is 281 g/mol. The molecule has 20 heavy (non-hydrogen) atoms. The summed E-state index contributed by atoms with van der Waals surface area (Å²) in [5, 5.41) is 3.27. The zero-order chi connectivity index (χ0) is 14.8. The van der Waals surface area contributed by atoms with Crippen LogP contribution in [0.4, 0.5) is 4.39 Å². The van der Waals surface area contributed by atoms with E-state index in [-0.39, 0.29) is 10.6 Å². The number of nitrogens with one attached hydrogen (secondary N) is 1. The van der Waals surface area contributed by atoms with Crippen molar-refractivity contribution in [2.24, 2.45) is 5.92 Å². The van der Waals surface area contributed by atoms with E-state index in [9.17, 15) is 12.8 Å². The number of methoxy groups -OCH3 is 1. The summed E-state index contributed by atoms with van der Waals surface area (Å²) < 4.78 is 42.4. The lowest BCUT2D eigenvalue weighted by Crippen LogP contribution is -2.28. The minimum Gasteiger partial charge on any atom is -0.495 e. The molecule has 1 saturated heterocycles. The molecule has 4 nitrogen and oxygen atoms in total. The van der Waals surface area contributed by atoms with Crippen LogP contribution in [0.2, 0.25) is 0 Å². The maximum Gasteiger partial charge on any atom is 0.179 e. The summed E-state index contributed by atoms with van der Waals surface area (Å²) in [6.45, 7) is 1.89. The standard InChI is InChI=1S/C14H20FNO3S/c1-19-14-11(7-10-3-5-16-6-4-10)8-12(15)9-13(14)20(2,17)18/h8-10,16H,3-7H2,1-2H3. The first kappa shape index (κ1) is 15.3. The topological polar surface area (TPSA) is 55.4 Å². The molecule has 1 aromatic carbocycles. The summed E-state index contributed by atoms with van der Waals surface area (Å²) in [7, 11) is -2.08. The van der Waals surface area contributed by atoms with Gasteiger partial charge in [0.05, 0.1) is 7.11 Å². The van der Waals surface area contributed by atoms with Crippen molar-refractivity contribution >= 4 is 9.84 Å². The molecule has 6 heteroatoms. The molecule has 1 N–H and O–H groups in total. The van der Waals surface area contributed by atoms with Gasteiger partial charge >= 0.3 is 0 Å². The lowest BCUT2D eigenvalue weighted by atomic mass is 9.90. The lowest BCUT2D eigenvalue weighted by Gasteiger charge is -2.23. The minimum absolute atomic E-state index is 0.0658. The van der Waals surface area contributed by atoms with Gasteiger partial charge in [0.15, 0.2) is 9.84 Å². The number of hydrogen-bond donors (Lipinski definition) is 1. The summed E-state index contributed by atoms with van der Waals surface area (Å²) in [6, 6.07) is 2.41. The molecule has 1 aromatic rings. The van der Waals surface area contributed by atoms with Gasteiger partial charge in [0.2, 0.25) is 0 Å². The molecule has 0 aromatic heterocycles. The second kappa shape index (κ2) is 6.10. The Balaban J connectivity index is 2.38. The number of ether oxygens (including phenoxy) is 1. The van der Waals surface area contributed by atoms with Gasteiger partial charge in [-0.15, -0.1) is 0 Å². The Bertz CT molecular complexity index is 580. The highest BCUT2D eigenvalue weighted by atomic mass is 32.2. The van der Waals surface area contributed by atoms with Crippen LogP contribution in [0.5, 0.6) is 5.75 Å². The van der Waals surface area contributed by atoms with Crippen molar-refractivity contribution in [1.29, 1.82) is 0 Å². The van der Waals surface area contributed by atoms with Crippen LogP contribution in [0.3, 0.4) is 0 Å². The summed E-state index contributed by atoms with van der Waals surface area (Å²) in [6.07, 6.45) is 3.73. The van der Waals surface area contributed by atoms with Crippen LogP contribution >= 0.6 is 0 Å². The first-order valence-electron chi connectivity index (χ1n) is 6.69. The van der Waals surface area contributed by atoms with Crippen LogP contribution in [0, 0.1) is 11.7 Å². The number of hydrogen-bond acceptors (Lipinski definition) is 4. The number of sulfone groups is 1. The minimum atomic E-state index is -3.51. The first-order valence-corrected chi connectivity index (χ1v) is 8.58. The molecule has 1 fully saturated rings. The van der Waals surface area contributed by atoms with E-state index in [2.05, 4.69) is 5.32 Å². The van der Waals surface area contributed by atoms with Crippen molar-refractivity contribution in [3.8, 4) is 5.75 Å². The fourth-order valence-corrected chi connectivity index (χ4v) is 3.56. The Hall–Kier alpha value is -1.14. The molecule has 2 rings (SSSR count). The van der Waals surface area contributed by atoms with E-state index in [1.807, 2.05) is 0 Å². The number of benzene rings is 1.